The van der Waals surface area contributed by atoms with Gasteiger partial charge in [-0.2, -0.15) is 5.26 Å². The quantitative estimate of drug-likeness (QED) is 0.770. The van der Waals surface area contributed by atoms with Crippen molar-refractivity contribution in [1.82, 2.24) is 9.97 Å². The predicted octanol–water partition coefficient (Wildman–Crippen LogP) is 2.58. The monoisotopic (exact) mass is 261 g/mol. The van der Waals surface area contributed by atoms with Crippen molar-refractivity contribution < 1.29 is 0 Å². The van der Waals surface area contributed by atoms with Crippen molar-refractivity contribution in [2.75, 3.05) is 0 Å². The number of rotatable bonds is 2. The lowest BCUT2D eigenvalue weighted by molar-refractivity contribution is 0.938. The van der Waals surface area contributed by atoms with E-state index in [1.807, 2.05) is 48.5 Å². The van der Waals surface area contributed by atoms with Gasteiger partial charge in [-0.15, -0.1) is 0 Å². The molecule has 2 aromatic carbocycles. The number of para-hydroxylation sites is 2. The Hall–Kier alpha value is -2.93. The third-order valence-corrected chi connectivity index (χ3v) is 3.16. The van der Waals surface area contributed by atoms with Gasteiger partial charge < -0.3 is 4.98 Å². The molecule has 20 heavy (non-hydrogen) atoms. The zero-order chi connectivity index (χ0) is 13.9. The molecule has 0 aliphatic carbocycles. The Balaban J connectivity index is 2.20. The molecule has 4 nitrogen and oxygen atoms in total. The minimum absolute atomic E-state index is 0.234. The second kappa shape index (κ2) is 4.98. The van der Waals surface area contributed by atoms with Crippen LogP contribution in [0.1, 0.15) is 17.2 Å². The number of aromatic nitrogens is 2. The largest absolute Gasteiger partial charge is 0.319 e. The van der Waals surface area contributed by atoms with E-state index in [9.17, 15) is 10.1 Å². The first kappa shape index (κ1) is 12.1. The molecule has 0 saturated carbocycles. The molecule has 0 aliphatic heterocycles. The molecule has 0 saturated heterocycles. The number of nitriles is 1. The van der Waals surface area contributed by atoms with Crippen molar-refractivity contribution in [2.24, 2.45) is 0 Å². The first-order valence-corrected chi connectivity index (χ1v) is 6.23. The van der Waals surface area contributed by atoms with Crippen LogP contribution in [0.5, 0.6) is 0 Å². The number of benzene rings is 2. The smallest absolute Gasteiger partial charge is 0.271 e. The molecule has 1 atom stereocenters. The van der Waals surface area contributed by atoms with Gasteiger partial charge in [0.05, 0.1) is 17.1 Å². The summed E-state index contributed by atoms with van der Waals surface area (Å²) in [7, 11) is 0. The second-order valence-electron chi connectivity index (χ2n) is 4.44. The van der Waals surface area contributed by atoms with Gasteiger partial charge in [-0.25, -0.2) is 4.98 Å². The van der Waals surface area contributed by atoms with Gasteiger partial charge in [-0.3, -0.25) is 4.79 Å². The molecule has 0 spiro atoms. The predicted molar refractivity (Wildman–Crippen MR) is 76.3 cm³/mol. The van der Waals surface area contributed by atoms with Gasteiger partial charge in [0.1, 0.15) is 11.6 Å². The van der Waals surface area contributed by atoms with E-state index in [1.54, 1.807) is 6.07 Å². The Morgan fingerprint density at radius 3 is 2.50 bits per heavy atom. The number of fused-ring (bicyclic) bond motifs is 1. The first-order chi connectivity index (χ1) is 9.79. The summed E-state index contributed by atoms with van der Waals surface area (Å²) in [6, 6.07) is 18.6. The highest BCUT2D eigenvalue weighted by atomic mass is 16.1. The van der Waals surface area contributed by atoms with E-state index in [0.29, 0.717) is 11.0 Å². The van der Waals surface area contributed by atoms with E-state index in [2.05, 4.69) is 16.0 Å². The minimum atomic E-state index is -0.662. The Morgan fingerprint density at radius 2 is 1.75 bits per heavy atom. The average molecular weight is 261 g/mol. The molecule has 1 aromatic heterocycles. The van der Waals surface area contributed by atoms with Crippen molar-refractivity contribution in [2.45, 2.75) is 5.92 Å². The van der Waals surface area contributed by atoms with Crippen LogP contribution < -0.4 is 5.56 Å². The molecule has 1 N–H and O–H groups in total. The SMILES string of the molecule is N#CC(c1ccccc1)c1nc2ccccc2[nH]c1=O. The summed E-state index contributed by atoms with van der Waals surface area (Å²) in [5.74, 6) is -0.662. The fourth-order valence-corrected chi connectivity index (χ4v) is 2.18. The molecule has 4 heteroatoms. The molecule has 0 aliphatic rings. The lowest BCUT2D eigenvalue weighted by Crippen LogP contribution is -2.18. The normalized spacial score (nSPS) is 11.9. The van der Waals surface area contributed by atoms with Gasteiger partial charge in [0.15, 0.2) is 0 Å². The molecular formula is C16H11N3O. The number of hydrogen-bond donors (Lipinski definition) is 1. The molecule has 3 rings (SSSR count). The molecular weight excluding hydrogens is 250 g/mol. The second-order valence-corrected chi connectivity index (χ2v) is 4.44. The van der Waals surface area contributed by atoms with Gasteiger partial charge in [-0.05, 0) is 17.7 Å². The molecule has 0 bridgehead atoms. The molecule has 1 heterocycles. The number of H-pyrrole nitrogens is 1. The number of nitrogens with one attached hydrogen (secondary N) is 1. The van der Waals surface area contributed by atoms with Crippen LogP contribution in [-0.2, 0) is 0 Å². The zero-order valence-corrected chi connectivity index (χ0v) is 10.6. The highest BCUT2D eigenvalue weighted by Gasteiger charge is 2.19. The minimum Gasteiger partial charge on any atom is -0.319 e. The van der Waals surface area contributed by atoms with E-state index in [0.717, 1.165) is 5.56 Å². The fourth-order valence-electron chi connectivity index (χ4n) is 2.18. The van der Waals surface area contributed by atoms with E-state index in [4.69, 9.17) is 0 Å². The summed E-state index contributed by atoms with van der Waals surface area (Å²) >= 11 is 0. The van der Waals surface area contributed by atoms with Gasteiger partial charge in [-0.1, -0.05) is 42.5 Å². The maximum Gasteiger partial charge on any atom is 0.271 e. The fraction of sp³-hybridized carbons (Fsp3) is 0.0625. The van der Waals surface area contributed by atoms with Crippen LogP contribution in [0.2, 0.25) is 0 Å². The maximum atomic E-state index is 12.1. The molecule has 96 valence electrons. The molecule has 0 fully saturated rings. The van der Waals surface area contributed by atoms with Crippen LogP contribution in [0.4, 0.5) is 0 Å². The van der Waals surface area contributed by atoms with Crippen molar-refractivity contribution in [1.29, 1.82) is 5.26 Å². The van der Waals surface area contributed by atoms with Crippen LogP contribution in [0.3, 0.4) is 0 Å². The third kappa shape index (κ3) is 2.06. The van der Waals surface area contributed by atoms with Gasteiger partial charge in [0.25, 0.3) is 5.56 Å². The topological polar surface area (TPSA) is 69.5 Å². The average Bonchev–Trinajstić information content (AvgIpc) is 2.49. The van der Waals surface area contributed by atoms with Crippen molar-refractivity contribution in [3.63, 3.8) is 0 Å². The van der Waals surface area contributed by atoms with Crippen LogP contribution >= 0.6 is 0 Å². The summed E-state index contributed by atoms with van der Waals surface area (Å²) in [5.41, 5.74) is 2.03. The lowest BCUT2D eigenvalue weighted by atomic mass is 9.97. The first-order valence-electron chi connectivity index (χ1n) is 6.23. The highest BCUT2D eigenvalue weighted by molar-refractivity contribution is 5.73. The maximum absolute atomic E-state index is 12.1. The van der Waals surface area contributed by atoms with Crippen LogP contribution in [0.25, 0.3) is 11.0 Å². The highest BCUT2D eigenvalue weighted by Crippen LogP contribution is 2.20. The molecule has 1 unspecified atom stereocenters. The van der Waals surface area contributed by atoms with E-state index >= 15 is 0 Å². The Bertz CT molecular complexity index is 847. The zero-order valence-electron chi connectivity index (χ0n) is 10.6. The van der Waals surface area contributed by atoms with E-state index in [1.165, 1.54) is 0 Å². The summed E-state index contributed by atoms with van der Waals surface area (Å²) in [6.45, 7) is 0. The van der Waals surface area contributed by atoms with Crippen LogP contribution in [0.15, 0.2) is 59.4 Å². The van der Waals surface area contributed by atoms with Crippen LogP contribution in [0, 0.1) is 11.3 Å². The Kier molecular flexibility index (Phi) is 3.02. The van der Waals surface area contributed by atoms with Crippen molar-refractivity contribution in [3.05, 3.63) is 76.2 Å². The lowest BCUT2D eigenvalue weighted by Gasteiger charge is -2.08. The van der Waals surface area contributed by atoms with Crippen LogP contribution in [-0.4, -0.2) is 9.97 Å². The summed E-state index contributed by atoms with van der Waals surface area (Å²) in [4.78, 5) is 19.3. The molecule has 3 aromatic rings. The van der Waals surface area contributed by atoms with Gasteiger partial charge in [0, 0.05) is 0 Å². The van der Waals surface area contributed by atoms with Crippen molar-refractivity contribution >= 4 is 11.0 Å². The molecule has 0 radical (unpaired) electrons. The number of aromatic amines is 1. The Labute approximate surface area is 115 Å². The Morgan fingerprint density at radius 1 is 1.05 bits per heavy atom. The third-order valence-electron chi connectivity index (χ3n) is 3.16. The number of nitrogens with zero attached hydrogens (tertiary/aromatic N) is 2. The number of hydrogen-bond acceptors (Lipinski definition) is 3. The summed E-state index contributed by atoms with van der Waals surface area (Å²) < 4.78 is 0. The van der Waals surface area contributed by atoms with E-state index < -0.39 is 5.92 Å². The van der Waals surface area contributed by atoms with E-state index in [-0.39, 0.29) is 11.3 Å². The summed E-state index contributed by atoms with van der Waals surface area (Å²) in [6.07, 6.45) is 0. The molecule has 0 amide bonds. The standard InChI is InChI=1S/C16H11N3O/c17-10-12(11-6-2-1-3-7-11)15-16(20)19-14-9-5-4-8-13(14)18-15/h1-9,12H,(H,19,20). The van der Waals surface area contributed by atoms with Crippen molar-refractivity contribution in [3.8, 4) is 6.07 Å². The van der Waals surface area contributed by atoms with Gasteiger partial charge >= 0.3 is 0 Å². The van der Waals surface area contributed by atoms with Gasteiger partial charge in [0.2, 0.25) is 0 Å². The summed E-state index contributed by atoms with van der Waals surface area (Å²) in [5, 5.41) is 9.39.